The predicted molar refractivity (Wildman–Crippen MR) is 113 cm³/mol. The fourth-order valence-corrected chi connectivity index (χ4v) is 3.83. The van der Waals surface area contributed by atoms with Gasteiger partial charge in [-0.3, -0.25) is 0 Å². The van der Waals surface area contributed by atoms with Crippen molar-refractivity contribution in [1.29, 1.82) is 0 Å². The van der Waals surface area contributed by atoms with Crippen molar-refractivity contribution < 1.29 is 14.2 Å². The molecule has 1 aromatic carbocycles. The van der Waals surface area contributed by atoms with Crippen LogP contribution in [-0.4, -0.2) is 48.6 Å². The summed E-state index contributed by atoms with van der Waals surface area (Å²) in [6, 6.07) is 7.87. The van der Waals surface area contributed by atoms with Crippen molar-refractivity contribution in [2.75, 3.05) is 39.3 Å². The molecule has 0 aliphatic heterocycles. The molecule has 3 aromatic rings. The molecule has 4 rings (SSSR count). The largest absolute Gasteiger partial charge is 0.493 e. The Morgan fingerprint density at radius 3 is 2.76 bits per heavy atom. The molecule has 1 N–H and O–H groups in total. The fraction of sp³-hybridized carbons (Fsp3) is 0.455. The van der Waals surface area contributed by atoms with Crippen LogP contribution in [-0.2, 0) is 17.6 Å². The number of methoxy groups -OCH3 is 2. The molecular weight excluding hydrogens is 368 g/mol. The summed E-state index contributed by atoms with van der Waals surface area (Å²) >= 11 is 0. The van der Waals surface area contributed by atoms with E-state index in [0.717, 1.165) is 68.2 Å². The fourth-order valence-electron chi connectivity index (χ4n) is 3.83. The summed E-state index contributed by atoms with van der Waals surface area (Å²) in [5.41, 5.74) is 5.16. The lowest BCUT2D eigenvalue weighted by atomic mass is 10.1. The number of ether oxygens (including phenoxy) is 3. The second kappa shape index (κ2) is 8.69. The van der Waals surface area contributed by atoms with Crippen LogP contribution in [0.15, 0.2) is 24.3 Å². The molecule has 1 aliphatic rings. The average molecular weight is 396 g/mol. The highest BCUT2D eigenvalue weighted by Gasteiger charge is 2.21. The predicted octanol–water partition coefficient (Wildman–Crippen LogP) is 3.74. The van der Waals surface area contributed by atoms with Crippen LogP contribution >= 0.6 is 0 Å². The van der Waals surface area contributed by atoms with E-state index in [9.17, 15) is 0 Å². The first kappa shape index (κ1) is 19.5. The number of aromatic nitrogens is 3. The summed E-state index contributed by atoms with van der Waals surface area (Å²) < 4.78 is 18.2. The van der Waals surface area contributed by atoms with Gasteiger partial charge in [-0.05, 0) is 50.8 Å². The lowest BCUT2D eigenvalue weighted by Crippen LogP contribution is -2.12. The number of fused-ring (bicyclic) bond motifs is 2. The van der Waals surface area contributed by atoms with Gasteiger partial charge >= 0.3 is 0 Å². The number of hydrogen-bond acceptors (Lipinski definition) is 6. The summed E-state index contributed by atoms with van der Waals surface area (Å²) in [4.78, 5) is 4.88. The Labute approximate surface area is 171 Å². The van der Waals surface area contributed by atoms with Crippen molar-refractivity contribution in [3.05, 3.63) is 35.5 Å². The van der Waals surface area contributed by atoms with Crippen LogP contribution in [0.5, 0.6) is 11.5 Å². The second-order valence-corrected chi connectivity index (χ2v) is 7.09. The number of aryl methyl sites for hydroxylation is 1. The smallest absolute Gasteiger partial charge is 0.161 e. The molecule has 7 heteroatoms. The molecule has 0 atom stereocenters. The Hall–Kier alpha value is -2.80. The molecular formula is C22H28N4O3. The molecule has 2 heterocycles. The van der Waals surface area contributed by atoms with E-state index in [1.165, 1.54) is 11.3 Å². The second-order valence-electron chi connectivity index (χ2n) is 7.09. The van der Waals surface area contributed by atoms with Crippen LogP contribution in [0.4, 0.5) is 5.82 Å². The first-order chi connectivity index (χ1) is 14.2. The number of nitrogens with zero attached hydrogens (tertiary/aromatic N) is 3. The van der Waals surface area contributed by atoms with Crippen LogP contribution in [0.1, 0.15) is 31.0 Å². The zero-order valence-corrected chi connectivity index (χ0v) is 17.3. The molecule has 0 spiro atoms. The van der Waals surface area contributed by atoms with Crippen LogP contribution < -0.4 is 14.8 Å². The number of nitrogens with one attached hydrogen (secondary N) is 1. The van der Waals surface area contributed by atoms with Gasteiger partial charge in [-0.25, -0.2) is 4.98 Å². The SMILES string of the molecule is CCOCCCNc1c2c(nc3cc(-c4ccc(OC)c(OC)c4)nn13)CCC2. The molecule has 0 saturated carbocycles. The highest BCUT2D eigenvalue weighted by molar-refractivity contribution is 5.69. The van der Waals surface area contributed by atoms with Gasteiger partial charge in [0, 0.05) is 42.6 Å². The van der Waals surface area contributed by atoms with E-state index in [-0.39, 0.29) is 0 Å². The van der Waals surface area contributed by atoms with E-state index in [1.807, 2.05) is 35.7 Å². The number of hydrogen-bond donors (Lipinski definition) is 1. The van der Waals surface area contributed by atoms with E-state index in [4.69, 9.17) is 24.3 Å². The third-order valence-corrected chi connectivity index (χ3v) is 5.27. The Kier molecular flexibility index (Phi) is 5.85. The Bertz CT molecular complexity index is 999. The Morgan fingerprint density at radius 1 is 1.10 bits per heavy atom. The lowest BCUT2D eigenvalue weighted by Gasteiger charge is -2.13. The van der Waals surface area contributed by atoms with Crippen molar-refractivity contribution >= 4 is 11.5 Å². The molecule has 29 heavy (non-hydrogen) atoms. The summed E-state index contributed by atoms with van der Waals surface area (Å²) in [5, 5.41) is 8.46. The van der Waals surface area contributed by atoms with E-state index in [0.29, 0.717) is 11.5 Å². The van der Waals surface area contributed by atoms with Crippen LogP contribution in [0.3, 0.4) is 0 Å². The first-order valence-electron chi connectivity index (χ1n) is 10.2. The molecule has 1 aliphatic carbocycles. The zero-order chi connectivity index (χ0) is 20.2. The lowest BCUT2D eigenvalue weighted by molar-refractivity contribution is 0.147. The van der Waals surface area contributed by atoms with Gasteiger partial charge in [-0.15, -0.1) is 0 Å². The van der Waals surface area contributed by atoms with Gasteiger partial charge in [-0.1, -0.05) is 0 Å². The normalized spacial score (nSPS) is 12.9. The quantitative estimate of drug-likeness (QED) is 0.556. The van der Waals surface area contributed by atoms with Crippen molar-refractivity contribution in [2.24, 2.45) is 0 Å². The molecule has 0 amide bonds. The molecule has 0 saturated heterocycles. The van der Waals surface area contributed by atoms with Crippen LogP contribution in [0.2, 0.25) is 0 Å². The monoisotopic (exact) mass is 396 g/mol. The summed E-state index contributed by atoms with van der Waals surface area (Å²) in [5.74, 6) is 2.45. The number of rotatable bonds is 9. The maximum atomic E-state index is 5.46. The molecule has 0 radical (unpaired) electrons. The van der Waals surface area contributed by atoms with Crippen molar-refractivity contribution in [3.63, 3.8) is 0 Å². The van der Waals surface area contributed by atoms with E-state index >= 15 is 0 Å². The van der Waals surface area contributed by atoms with Crippen LogP contribution in [0.25, 0.3) is 16.9 Å². The number of anilines is 1. The highest BCUT2D eigenvalue weighted by Crippen LogP contribution is 2.34. The maximum Gasteiger partial charge on any atom is 0.161 e. The standard InChI is InChI=1S/C22H28N4O3/c1-4-29-12-6-11-23-22-16-7-5-8-17(16)24-21-14-18(25-26(21)22)15-9-10-19(27-2)20(13-15)28-3/h9-10,13-14,23H,4-8,11-12H2,1-3H3. The molecule has 0 unspecified atom stereocenters. The number of benzene rings is 1. The minimum atomic E-state index is 0.687. The third kappa shape index (κ3) is 3.87. The van der Waals surface area contributed by atoms with E-state index in [2.05, 4.69) is 5.32 Å². The van der Waals surface area contributed by atoms with E-state index in [1.54, 1.807) is 14.2 Å². The van der Waals surface area contributed by atoms with Gasteiger partial charge in [0.25, 0.3) is 0 Å². The Morgan fingerprint density at radius 2 is 1.97 bits per heavy atom. The zero-order valence-electron chi connectivity index (χ0n) is 17.3. The van der Waals surface area contributed by atoms with Gasteiger partial charge in [0.05, 0.1) is 19.9 Å². The summed E-state index contributed by atoms with van der Waals surface area (Å²) in [6.07, 6.45) is 4.16. The molecule has 154 valence electrons. The van der Waals surface area contributed by atoms with Gasteiger partial charge in [0.15, 0.2) is 17.1 Å². The minimum absolute atomic E-state index is 0.687. The van der Waals surface area contributed by atoms with Gasteiger partial charge in [0.2, 0.25) is 0 Å². The van der Waals surface area contributed by atoms with Gasteiger partial charge in [0.1, 0.15) is 5.82 Å². The molecule has 2 aromatic heterocycles. The third-order valence-electron chi connectivity index (χ3n) is 5.27. The average Bonchev–Trinajstić information content (AvgIpc) is 3.39. The molecule has 0 fully saturated rings. The molecule has 7 nitrogen and oxygen atoms in total. The van der Waals surface area contributed by atoms with Crippen LogP contribution in [0, 0.1) is 0 Å². The van der Waals surface area contributed by atoms with Gasteiger partial charge in [-0.2, -0.15) is 9.61 Å². The Balaban J connectivity index is 1.69. The van der Waals surface area contributed by atoms with Crippen molar-refractivity contribution in [3.8, 4) is 22.8 Å². The van der Waals surface area contributed by atoms with Gasteiger partial charge < -0.3 is 19.5 Å². The van der Waals surface area contributed by atoms with Crippen molar-refractivity contribution in [2.45, 2.75) is 32.6 Å². The van der Waals surface area contributed by atoms with Crippen molar-refractivity contribution in [1.82, 2.24) is 14.6 Å². The first-order valence-corrected chi connectivity index (χ1v) is 10.2. The van der Waals surface area contributed by atoms with E-state index < -0.39 is 0 Å². The highest BCUT2D eigenvalue weighted by atomic mass is 16.5. The minimum Gasteiger partial charge on any atom is -0.493 e. The molecule has 0 bridgehead atoms. The summed E-state index contributed by atoms with van der Waals surface area (Å²) in [6.45, 7) is 4.38. The topological polar surface area (TPSA) is 69.9 Å². The maximum absolute atomic E-state index is 5.46. The summed E-state index contributed by atoms with van der Waals surface area (Å²) in [7, 11) is 3.28.